The van der Waals surface area contributed by atoms with Crippen molar-refractivity contribution in [3.8, 4) is 11.5 Å². The van der Waals surface area contributed by atoms with E-state index in [9.17, 15) is 4.79 Å². The Morgan fingerprint density at radius 1 is 1.19 bits per heavy atom. The minimum Gasteiger partial charge on any atom is -0.454 e. The van der Waals surface area contributed by atoms with Gasteiger partial charge in [-0.15, -0.1) is 0 Å². The number of nitrogens with one attached hydrogen (secondary N) is 1. The second kappa shape index (κ2) is 7.38. The Morgan fingerprint density at radius 3 is 2.96 bits per heavy atom. The Kier molecular flexibility index (Phi) is 4.80. The first kappa shape index (κ1) is 16.9. The molecule has 0 bridgehead atoms. The number of rotatable bonds is 5. The van der Waals surface area contributed by atoms with Gasteiger partial charge in [0.05, 0.1) is 6.54 Å². The highest BCUT2D eigenvalue weighted by Crippen LogP contribution is 2.33. The lowest BCUT2D eigenvalue weighted by molar-refractivity contribution is -0.122. The molecule has 5 nitrogen and oxygen atoms in total. The molecule has 1 amide bonds. The Hall–Kier alpha value is -2.53. The molecule has 1 N–H and O–H groups in total. The van der Waals surface area contributed by atoms with Crippen molar-refractivity contribution in [2.45, 2.75) is 31.8 Å². The van der Waals surface area contributed by atoms with Gasteiger partial charge in [0.1, 0.15) is 0 Å². The van der Waals surface area contributed by atoms with Crippen molar-refractivity contribution in [2.24, 2.45) is 0 Å². The van der Waals surface area contributed by atoms with Crippen LogP contribution in [0.2, 0.25) is 0 Å². The van der Waals surface area contributed by atoms with E-state index in [4.69, 9.17) is 9.47 Å². The van der Waals surface area contributed by atoms with E-state index in [-0.39, 0.29) is 12.7 Å². The third-order valence-electron chi connectivity index (χ3n) is 5.19. The van der Waals surface area contributed by atoms with E-state index in [0.29, 0.717) is 19.1 Å². The van der Waals surface area contributed by atoms with Crippen LogP contribution in [0.25, 0.3) is 0 Å². The highest BCUT2D eigenvalue weighted by molar-refractivity contribution is 5.78. The number of hydrogen-bond donors (Lipinski definition) is 1. The standard InChI is InChI=1S/C21H24N2O3/c1-23(18-8-4-6-16-5-2-3-7-17(16)18)13-21(24)22-12-15-9-10-19-20(11-15)26-14-25-19/h2-3,5,7,9-11,18H,4,6,8,12-14H2,1H3,(H,22,24)/t18-/m1/s1. The molecular weight excluding hydrogens is 328 g/mol. The molecule has 26 heavy (non-hydrogen) atoms. The maximum absolute atomic E-state index is 12.4. The molecular formula is C21H24N2O3. The van der Waals surface area contributed by atoms with Gasteiger partial charge in [0.15, 0.2) is 11.5 Å². The molecule has 0 spiro atoms. The maximum Gasteiger partial charge on any atom is 0.234 e. The summed E-state index contributed by atoms with van der Waals surface area (Å²) in [4.78, 5) is 14.6. The summed E-state index contributed by atoms with van der Waals surface area (Å²) < 4.78 is 10.7. The summed E-state index contributed by atoms with van der Waals surface area (Å²) in [5.74, 6) is 1.54. The molecule has 1 aliphatic heterocycles. The number of ether oxygens (including phenoxy) is 2. The average Bonchev–Trinajstić information content (AvgIpc) is 3.13. The number of hydrogen-bond acceptors (Lipinski definition) is 4. The summed E-state index contributed by atoms with van der Waals surface area (Å²) in [5.41, 5.74) is 3.79. The number of aryl methyl sites for hydroxylation is 1. The minimum absolute atomic E-state index is 0.0354. The fourth-order valence-electron chi connectivity index (χ4n) is 3.83. The molecule has 0 fully saturated rings. The fraction of sp³-hybridized carbons (Fsp3) is 0.381. The number of benzene rings is 2. The summed E-state index contributed by atoms with van der Waals surface area (Å²) in [6.07, 6.45) is 3.41. The average molecular weight is 352 g/mol. The molecule has 2 aromatic carbocycles. The highest BCUT2D eigenvalue weighted by atomic mass is 16.7. The molecule has 0 aromatic heterocycles. The molecule has 4 rings (SSSR count). The van der Waals surface area contributed by atoms with Gasteiger partial charge in [-0.1, -0.05) is 30.3 Å². The molecule has 1 aliphatic carbocycles. The van der Waals surface area contributed by atoms with Crippen LogP contribution in [0.3, 0.4) is 0 Å². The molecule has 1 atom stereocenters. The normalized spacial score (nSPS) is 17.8. The predicted octanol–water partition coefficient (Wildman–Crippen LogP) is 3.04. The van der Waals surface area contributed by atoms with E-state index in [1.165, 1.54) is 17.5 Å². The van der Waals surface area contributed by atoms with E-state index >= 15 is 0 Å². The van der Waals surface area contributed by atoms with Crippen LogP contribution in [-0.2, 0) is 17.8 Å². The third-order valence-corrected chi connectivity index (χ3v) is 5.19. The maximum atomic E-state index is 12.4. The van der Waals surface area contributed by atoms with Crippen LogP contribution in [0, 0.1) is 0 Å². The van der Waals surface area contributed by atoms with Crippen molar-refractivity contribution >= 4 is 5.91 Å². The van der Waals surface area contributed by atoms with Crippen molar-refractivity contribution in [1.29, 1.82) is 0 Å². The lowest BCUT2D eigenvalue weighted by atomic mass is 9.87. The van der Waals surface area contributed by atoms with Gasteiger partial charge in [0, 0.05) is 12.6 Å². The topological polar surface area (TPSA) is 50.8 Å². The van der Waals surface area contributed by atoms with Gasteiger partial charge in [0.2, 0.25) is 12.7 Å². The van der Waals surface area contributed by atoms with Gasteiger partial charge in [-0.05, 0) is 55.1 Å². The van der Waals surface area contributed by atoms with Gasteiger partial charge in [0.25, 0.3) is 0 Å². The molecule has 0 radical (unpaired) electrons. The molecule has 1 heterocycles. The zero-order chi connectivity index (χ0) is 17.9. The third kappa shape index (κ3) is 3.53. The molecule has 0 saturated carbocycles. The second-order valence-corrected chi connectivity index (χ2v) is 6.99. The van der Waals surface area contributed by atoms with Crippen LogP contribution in [0.4, 0.5) is 0 Å². The number of nitrogens with zero attached hydrogens (tertiary/aromatic N) is 1. The molecule has 2 aliphatic rings. The largest absolute Gasteiger partial charge is 0.454 e. The lowest BCUT2D eigenvalue weighted by Crippen LogP contribution is -2.37. The van der Waals surface area contributed by atoms with Gasteiger partial charge < -0.3 is 14.8 Å². The van der Waals surface area contributed by atoms with Crippen LogP contribution < -0.4 is 14.8 Å². The first-order valence-electron chi connectivity index (χ1n) is 9.14. The zero-order valence-electron chi connectivity index (χ0n) is 15.0. The van der Waals surface area contributed by atoms with Crippen molar-refractivity contribution in [3.63, 3.8) is 0 Å². The molecule has 136 valence electrons. The number of carbonyl (C=O) groups excluding carboxylic acids is 1. The molecule has 5 heteroatoms. The van der Waals surface area contributed by atoms with Crippen molar-refractivity contribution in [3.05, 3.63) is 59.2 Å². The minimum atomic E-state index is 0.0354. The number of likely N-dealkylation sites (N-methyl/N-ethyl adjacent to an activating group) is 1. The summed E-state index contributed by atoms with van der Waals surface area (Å²) in [7, 11) is 2.03. The van der Waals surface area contributed by atoms with Crippen molar-refractivity contribution < 1.29 is 14.3 Å². The quantitative estimate of drug-likeness (QED) is 0.899. The van der Waals surface area contributed by atoms with Crippen LogP contribution in [0.1, 0.15) is 35.6 Å². The molecule has 2 aromatic rings. The zero-order valence-corrected chi connectivity index (χ0v) is 15.0. The SMILES string of the molecule is CN(CC(=O)NCc1ccc2c(c1)OCO2)[C@@H]1CCCc2ccccc21. The van der Waals surface area contributed by atoms with Gasteiger partial charge in [-0.3, -0.25) is 9.69 Å². The van der Waals surface area contributed by atoms with E-state index in [1.54, 1.807) is 0 Å². The smallest absolute Gasteiger partial charge is 0.234 e. The molecule has 0 unspecified atom stereocenters. The first-order valence-corrected chi connectivity index (χ1v) is 9.14. The Balaban J connectivity index is 1.34. The Bertz CT molecular complexity index is 806. The van der Waals surface area contributed by atoms with Gasteiger partial charge in [-0.25, -0.2) is 0 Å². The number of carbonyl (C=O) groups is 1. The van der Waals surface area contributed by atoms with E-state index in [2.05, 4.69) is 34.5 Å². The van der Waals surface area contributed by atoms with Crippen LogP contribution in [0.15, 0.2) is 42.5 Å². The van der Waals surface area contributed by atoms with Crippen LogP contribution in [-0.4, -0.2) is 31.2 Å². The van der Waals surface area contributed by atoms with Crippen molar-refractivity contribution in [2.75, 3.05) is 20.4 Å². The predicted molar refractivity (Wildman–Crippen MR) is 99.2 cm³/mol. The second-order valence-electron chi connectivity index (χ2n) is 6.99. The first-order chi connectivity index (χ1) is 12.7. The van der Waals surface area contributed by atoms with Crippen LogP contribution >= 0.6 is 0 Å². The lowest BCUT2D eigenvalue weighted by Gasteiger charge is -2.32. The van der Waals surface area contributed by atoms with E-state index < -0.39 is 0 Å². The Morgan fingerprint density at radius 2 is 2.04 bits per heavy atom. The Labute approximate surface area is 153 Å². The summed E-state index contributed by atoms with van der Waals surface area (Å²) in [6, 6.07) is 14.7. The van der Waals surface area contributed by atoms with Crippen molar-refractivity contribution in [1.82, 2.24) is 10.2 Å². The van der Waals surface area contributed by atoms with Gasteiger partial charge in [-0.2, -0.15) is 0 Å². The van der Waals surface area contributed by atoms with Crippen LogP contribution in [0.5, 0.6) is 11.5 Å². The summed E-state index contributed by atoms with van der Waals surface area (Å²) >= 11 is 0. The van der Waals surface area contributed by atoms with E-state index in [0.717, 1.165) is 29.9 Å². The fourth-order valence-corrected chi connectivity index (χ4v) is 3.83. The summed E-state index contributed by atoms with van der Waals surface area (Å²) in [5, 5.41) is 3.01. The number of fused-ring (bicyclic) bond motifs is 2. The van der Waals surface area contributed by atoms with E-state index in [1.807, 2.05) is 25.2 Å². The highest BCUT2D eigenvalue weighted by Gasteiger charge is 2.24. The number of amides is 1. The monoisotopic (exact) mass is 352 g/mol. The van der Waals surface area contributed by atoms with Gasteiger partial charge >= 0.3 is 0 Å². The molecule has 0 saturated heterocycles. The summed E-state index contributed by atoms with van der Waals surface area (Å²) in [6.45, 7) is 1.15.